The topological polar surface area (TPSA) is 3.24 Å². The third-order valence-corrected chi connectivity index (χ3v) is 17.7. The third-order valence-electron chi connectivity index (χ3n) is 9.11. The fraction of sp³-hybridized carbons (Fsp3) is 0.293. The van der Waals surface area contributed by atoms with Crippen molar-refractivity contribution < 1.29 is 46.1 Å². The van der Waals surface area contributed by atoms with Crippen molar-refractivity contribution in [3.63, 3.8) is 0 Å². The zero-order valence-electron chi connectivity index (χ0n) is 27.6. The molecule has 0 bridgehead atoms. The molecule has 4 aromatic carbocycles. The smallest absolute Gasteiger partial charge is 1.00 e. The molecule has 0 saturated carbocycles. The molecular formula is C41H45Cl2NZr. The van der Waals surface area contributed by atoms with E-state index in [2.05, 4.69) is 175 Å². The Kier molecular flexibility index (Phi) is 11.4. The van der Waals surface area contributed by atoms with Gasteiger partial charge in [0, 0.05) is 0 Å². The van der Waals surface area contributed by atoms with E-state index in [1.165, 1.54) is 39.1 Å². The summed E-state index contributed by atoms with van der Waals surface area (Å²) in [6, 6.07) is 38.2. The molecule has 45 heavy (non-hydrogen) atoms. The van der Waals surface area contributed by atoms with Gasteiger partial charge in [-0.1, -0.05) is 0 Å². The fourth-order valence-corrected chi connectivity index (χ4v) is 16.6. The minimum absolute atomic E-state index is 0. The van der Waals surface area contributed by atoms with E-state index in [1.54, 1.807) is 8.77 Å². The van der Waals surface area contributed by atoms with E-state index in [0.29, 0.717) is 19.3 Å². The standard InChI is InChI=1S/C23H30N.C13H10.C5H5.2ClH.Zr/c1-15(2)24(16(3)4)20-9-11-22-18(14-20)12-17-13-19(23(5,6)7)8-10-21(17)22;1-3-7-12(8-4-1)11-13-9-5-2-6-10-13;1-2-4-5-3-1;;;/h8-16H,1-7H3;1-10H;1-5H;2*1H;/q;;;;;+2/p-2. The molecule has 4 heteroatoms. The van der Waals surface area contributed by atoms with Crippen LogP contribution in [0.1, 0.15) is 79.9 Å². The number of rotatable bonds is 7. The molecular weight excluding hydrogens is 669 g/mol. The van der Waals surface area contributed by atoms with Crippen LogP contribution >= 0.6 is 0 Å². The summed E-state index contributed by atoms with van der Waals surface area (Å²) < 4.78 is 2.50. The van der Waals surface area contributed by atoms with E-state index < -0.39 is 21.3 Å². The summed E-state index contributed by atoms with van der Waals surface area (Å²) in [5.74, 6) is 0. The maximum absolute atomic E-state index is 2.69. The van der Waals surface area contributed by atoms with Crippen molar-refractivity contribution in [2.24, 2.45) is 0 Å². The minimum atomic E-state index is -2.69. The molecule has 0 heterocycles. The zero-order chi connectivity index (χ0) is 30.3. The van der Waals surface area contributed by atoms with Gasteiger partial charge < -0.3 is 24.8 Å². The van der Waals surface area contributed by atoms with Gasteiger partial charge in [0.25, 0.3) is 0 Å². The first-order valence-electron chi connectivity index (χ1n) is 15.9. The number of benzene rings is 4. The van der Waals surface area contributed by atoms with Gasteiger partial charge in [0.15, 0.2) is 0 Å². The van der Waals surface area contributed by atoms with Crippen LogP contribution in [0.3, 0.4) is 0 Å². The van der Waals surface area contributed by atoms with Gasteiger partial charge in [-0.3, -0.25) is 0 Å². The van der Waals surface area contributed by atoms with Gasteiger partial charge in [-0.15, -0.1) is 0 Å². The Hall–Kier alpha value is -2.51. The molecule has 1 atom stereocenters. The van der Waals surface area contributed by atoms with Crippen molar-refractivity contribution in [1.29, 1.82) is 0 Å². The molecule has 0 spiro atoms. The van der Waals surface area contributed by atoms with Crippen molar-refractivity contribution in [3.05, 3.63) is 149 Å². The quantitative estimate of drug-likeness (QED) is 0.273. The molecule has 0 aromatic heterocycles. The molecule has 0 fully saturated rings. The van der Waals surface area contributed by atoms with Gasteiger partial charge >= 0.3 is 269 Å². The second-order valence-corrected chi connectivity index (χ2v) is 20.2. The zero-order valence-corrected chi connectivity index (χ0v) is 31.5. The van der Waals surface area contributed by atoms with Crippen LogP contribution < -0.4 is 29.7 Å². The first-order chi connectivity index (χ1) is 20.6. The molecule has 2 aliphatic rings. The van der Waals surface area contributed by atoms with Gasteiger partial charge in [-0.25, -0.2) is 0 Å². The summed E-state index contributed by atoms with van der Waals surface area (Å²) >= 11 is -2.69. The van der Waals surface area contributed by atoms with Gasteiger partial charge in [0.2, 0.25) is 0 Å². The largest absolute Gasteiger partial charge is 1.00 e. The number of fused-ring (bicyclic) bond motifs is 3. The summed E-state index contributed by atoms with van der Waals surface area (Å²) in [5.41, 5.74) is 11.6. The van der Waals surface area contributed by atoms with E-state index in [9.17, 15) is 0 Å². The maximum Gasteiger partial charge on any atom is -1.00 e. The van der Waals surface area contributed by atoms with Crippen molar-refractivity contribution in [2.75, 3.05) is 4.90 Å². The average molecular weight is 714 g/mol. The predicted molar refractivity (Wildman–Crippen MR) is 183 cm³/mol. The number of nitrogens with zero attached hydrogens (tertiary/aromatic N) is 1. The van der Waals surface area contributed by atoms with Crippen LogP contribution in [0.15, 0.2) is 121 Å². The van der Waals surface area contributed by atoms with E-state index in [4.69, 9.17) is 0 Å². The fourth-order valence-electron chi connectivity index (χ4n) is 7.26. The number of halogens is 2. The van der Waals surface area contributed by atoms with Crippen molar-refractivity contribution in [1.82, 2.24) is 0 Å². The molecule has 1 unspecified atom stereocenters. The molecule has 0 amide bonds. The van der Waals surface area contributed by atoms with Crippen LogP contribution in [-0.2, 0) is 26.7 Å². The molecule has 1 nitrogen and oxygen atoms in total. The molecule has 4 aromatic rings. The Bertz CT molecular complexity index is 1650. The molecule has 0 N–H and O–H groups in total. The Morgan fingerprint density at radius 3 is 1.62 bits per heavy atom. The van der Waals surface area contributed by atoms with E-state index in [-0.39, 0.29) is 30.2 Å². The van der Waals surface area contributed by atoms with Gasteiger partial charge in [0.1, 0.15) is 0 Å². The SMILES string of the molecule is CC(C)N(c1ccc2c(c1)[CH]([Zr+2](=[C](c1ccccc1)c1ccccc1)[CH]1C=CC=C1)c1cc(C(C)(C)C)ccc1-2)C(C)C.[Cl-].[Cl-]. The maximum atomic E-state index is 2.58. The second kappa shape index (κ2) is 14.5. The van der Waals surface area contributed by atoms with E-state index >= 15 is 0 Å². The number of hydrogen-bond acceptors (Lipinski definition) is 1. The molecule has 0 radical (unpaired) electrons. The Morgan fingerprint density at radius 1 is 0.644 bits per heavy atom. The van der Waals surface area contributed by atoms with Gasteiger partial charge in [-0.05, 0) is 0 Å². The first kappa shape index (κ1) is 35.3. The summed E-state index contributed by atoms with van der Waals surface area (Å²) in [4.78, 5) is 2.58. The van der Waals surface area contributed by atoms with Crippen LogP contribution in [0, 0.1) is 0 Å². The predicted octanol–water partition coefficient (Wildman–Crippen LogP) is 4.49. The van der Waals surface area contributed by atoms with Crippen LogP contribution in [0.5, 0.6) is 0 Å². The monoisotopic (exact) mass is 711 g/mol. The van der Waals surface area contributed by atoms with Crippen LogP contribution in [0.4, 0.5) is 5.69 Å². The Balaban J connectivity index is 0.00000230. The molecule has 0 aliphatic heterocycles. The third kappa shape index (κ3) is 6.95. The Labute approximate surface area is 291 Å². The van der Waals surface area contributed by atoms with Crippen molar-refractivity contribution in [2.45, 2.75) is 73.2 Å². The summed E-state index contributed by atoms with van der Waals surface area (Å²) in [6.07, 6.45) is 9.59. The summed E-state index contributed by atoms with van der Waals surface area (Å²) in [5, 5.41) is 0. The van der Waals surface area contributed by atoms with Crippen LogP contribution in [0.25, 0.3) is 11.1 Å². The Morgan fingerprint density at radius 2 is 1.13 bits per heavy atom. The molecule has 232 valence electrons. The number of anilines is 1. The molecule has 0 saturated heterocycles. The average Bonchev–Trinajstić information content (AvgIpc) is 3.62. The van der Waals surface area contributed by atoms with Gasteiger partial charge in [-0.2, -0.15) is 0 Å². The number of allylic oxidation sites excluding steroid dienone is 4. The van der Waals surface area contributed by atoms with Crippen molar-refractivity contribution >= 4 is 8.89 Å². The van der Waals surface area contributed by atoms with Crippen molar-refractivity contribution in [3.8, 4) is 11.1 Å². The van der Waals surface area contributed by atoms with Crippen LogP contribution in [0.2, 0.25) is 3.63 Å². The first-order valence-corrected chi connectivity index (χ1v) is 20.0. The summed E-state index contributed by atoms with van der Waals surface area (Å²) in [6.45, 7) is 16.3. The van der Waals surface area contributed by atoms with Crippen LogP contribution in [-0.4, -0.2) is 15.3 Å². The number of hydrogen-bond donors (Lipinski definition) is 0. The van der Waals surface area contributed by atoms with E-state index in [0.717, 1.165) is 0 Å². The normalized spacial score (nSPS) is 14.8. The summed E-state index contributed by atoms with van der Waals surface area (Å²) in [7, 11) is 0. The molecule has 6 rings (SSSR count). The molecule has 2 aliphatic carbocycles. The second-order valence-electron chi connectivity index (χ2n) is 13.7. The minimum Gasteiger partial charge on any atom is -1.00 e. The van der Waals surface area contributed by atoms with Gasteiger partial charge in [0.05, 0.1) is 0 Å². The van der Waals surface area contributed by atoms with E-state index in [1.807, 2.05) is 0 Å².